The van der Waals surface area contributed by atoms with E-state index in [1.807, 2.05) is 25.1 Å². The number of nitrogens with two attached hydrogens (primary N) is 1. The standard InChI is InChI=1S/C22H18FN5O/c1-14-12-20(28(27-14)19-8-4-17(23)5-9-19)16-10-11-25-21(13-16)26-18-6-2-15(3-7-18)22(24)29/h2-13H,1H3,(H2,24,29)(H,25,26). The highest BCUT2D eigenvalue weighted by atomic mass is 19.1. The molecule has 3 N–H and O–H groups in total. The fourth-order valence-electron chi connectivity index (χ4n) is 3.01. The van der Waals surface area contributed by atoms with Crippen molar-refractivity contribution in [1.29, 1.82) is 0 Å². The molecule has 0 spiro atoms. The Hall–Kier alpha value is -4.00. The van der Waals surface area contributed by atoms with Gasteiger partial charge in [0.2, 0.25) is 5.91 Å². The zero-order valence-corrected chi connectivity index (χ0v) is 15.6. The molecule has 1 amide bonds. The van der Waals surface area contributed by atoms with Crippen molar-refractivity contribution in [2.45, 2.75) is 6.92 Å². The highest BCUT2D eigenvalue weighted by Crippen LogP contribution is 2.26. The number of benzene rings is 2. The third-order valence-corrected chi connectivity index (χ3v) is 4.40. The monoisotopic (exact) mass is 387 g/mol. The van der Waals surface area contributed by atoms with Gasteiger partial charge in [-0.1, -0.05) is 0 Å². The number of rotatable bonds is 5. The minimum Gasteiger partial charge on any atom is -0.366 e. The van der Waals surface area contributed by atoms with Crippen LogP contribution in [0.15, 0.2) is 72.9 Å². The van der Waals surface area contributed by atoms with Gasteiger partial charge in [0, 0.05) is 23.0 Å². The highest BCUT2D eigenvalue weighted by molar-refractivity contribution is 5.93. The molecule has 0 aliphatic rings. The average molecular weight is 387 g/mol. The van der Waals surface area contributed by atoms with Crippen LogP contribution in [-0.4, -0.2) is 20.7 Å². The molecular formula is C22H18FN5O. The van der Waals surface area contributed by atoms with Crippen LogP contribution in [0.2, 0.25) is 0 Å². The van der Waals surface area contributed by atoms with E-state index in [2.05, 4.69) is 15.4 Å². The van der Waals surface area contributed by atoms with E-state index in [0.717, 1.165) is 28.3 Å². The molecule has 4 rings (SSSR count). The molecule has 29 heavy (non-hydrogen) atoms. The van der Waals surface area contributed by atoms with Gasteiger partial charge >= 0.3 is 0 Å². The van der Waals surface area contributed by atoms with Gasteiger partial charge in [0.05, 0.1) is 17.1 Å². The Balaban J connectivity index is 1.65. The van der Waals surface area contributed by atoms with Gasteiger partial charge in [-0.2, -0.15) is 5.10 Å². The molecule has 0 unspecified atom stereocenters. The molecule has 6 nitrogen and oxygen atoms in total. The number of hydrogen-bond donors (Lipinski definition) is 2. The molecule has 0 radical (unpaired) electrons. The van der Waals surface area contributed by atoms with Gasteiger partial charge in [0.15, 0.2) is 0 Å². The van der Waals surface area contributed by atoms with Gasteiger partial charge in [-0.05, 0) is 73.7 Å². The van der Waals surface area contributed by atoms with Crippen LogP contribution >= 0.6 is 0 Å². The maximum absolute atomic E-state index is 13.3. The first-order chi connectivity index (χ1) is 14.0. The number of carbonyl (C=O) groups is 1. The predicted octanol–water partition coefficient (Wildman–Crippen LogP) is 4.22. The maximum Gasteiger partial charge on any atom is 0.248 e. The summed E-state index contributed by atoms with van der Waals surface area (Å²) in [5.41, 5.74) is 9.87. The lowest BCUT2D eigenvalue weighted by Gasteiger charge is -2.10. The van der Waals surface area contributed by atoms with Crippen molar-refractivity contribution >= 4 is 17.4 Å². The second-order valence-electron chi connectivity index (χ2n) is 6.56. The molecule has 2 aromatic heterocycles. The number of anilines is 2. The molecule has 0 saturated carbocycles. The fourth-order valence-corrected chi connectivity index (χ4v) is 3.01. The molecular weight excluding hydrogens is 369 g/mol. The average Bonchev–Trinajstić information content (AvgIpc) is 3.11. The minimum absolute atomic E-state index is 0.295. The second-order valence-corrected chi connectivity index (χ2v) is 6.56. The van der Waals surface area contributed by atoms with Crippen molar-refractivity contribution in [2.75, 3.05) is 5.32 Å². The van der Waals surface area contributed by atoms with Crippen LogP contribution in [0.4, 0.5) is 15.9 Å². The summed E-state index contributed by atoms with van der Waals surface area (Å²) in [5, 5.41) is 7.75. The van der Waals surface area contributed by atoms with Crippen molar-refractivity contribution in [2.24, 2.45) is 5.73 Å². The molecule has 0 aliphatic carbocycles. The normalized spacial score (nSPS) is 10.7. The molecule has 2 heterocycles. The third kappa shape index (κ3) is 3.98. The number of nitrogens with one attached hydrogen (secondary N) is 1. The Labute approximate surface area is 166 Å². The third-order valence-electron chi connectivity index (χ3n) is 4.40. The Morgan fingerprint density at radius 3 is 2.45 bits per heavy atom. The number of carbonyl (C=O) groups excluding carboxylic acids is 1. The molecule has 4 aromatic rings. The van der Waals surface area contributed by atoms with Crippen molar-refractivity contribution in [3.63, 3.8) is 0 Å². The van der Waals surface area contributed by atoms with E-state index in [9.17, 15) is 9.18 Å². The Morgan fingerprint density at radius 2 is 1.76 bits per heavy atom. The first-order valence-electron chi connectivity index (χ1n) is 8.95. The molecule has 0 saturated heterocycles. The van der Waals surface area contributed by atoms with Crippen LogP contribution in [-0.2, 0) is 0 Å². The summed E-state index contributed by atoms with van der Waals surface area (Å²) in [6.07, 6.45) is 1.70. The molecule has 0 atom stereocenters. The Bertz CT molecular complexity index is 1170. The van der Waals surface area contributed by atoms with Gasteiger partial charge in [-0.15, -0.1) is 0 Å². The van der Waals surface area contributed by atoms with Gasteiger partial charge in [0.1, 0.15) is 11.6 Å². The number of amides is 1. The summed E-state index contributed by atoms with van der Waals surface area (Å²) in [4.78, 5) is 15.6. The number of halogens is 1. The van der Waals surface area contributed by atoms with Crippen LogP contribution < -0.4 is 11.1 Å². The Kier molecular flexibility index (Phi) is 4.78. The van der Waals surface area contributed by atoms with E-state index in [-0.39, 0.29) is 5.82 Å². The number of pyridine rings is 1. The predicted molar refractivity (Wildman–Crippen MR) is 110 cm³/mol. The number of nitrogens with zero attached hydrogens (tertiary/aromatic N) is 3. The van der Waals surface area contributed by atoms with Gasteiger partial charge in [-0.25, -0.2) is 14.1 Å². The second kappa shape index (κ2) is 7.55. The molecule has 0 bridgehead atoms. The summed E-state index contributed by atoms with van der Waals surface area (Å²) in [6, 6.07) is 18.8. The fraction of sp³-hybridized carbons (Fsp3) is 0.0455. The number of aryl methyl sites for hydroxylation is 1. The lowest BCUT2D eigenvalue weighted by atomic mass is 10.1. The van der Waals surface area contributed by atoms with E-state index < -0.39 is 5.91 Å². The molecule has 0 fully saturated rings. The molecule has 144 valence electrons. The lowest BCUT2D eigenvalue weighted by molar-refractivity contribution is 0.100. The van der Waals surface area contributed by atoms with E-state index >= 15 is 0 Å². The first-order valence-corrected chi connectivity index (χ1v) is 8.95. The van der Waals surface area contributed by atoms with Gasteiger partial charge in [0.25, 0.3) is 0 Å². The number of aromatic nitrogens is 3. The minimum atomic E-state index is -0.471. The summed E-state index contributed by atoms with van der Waals surface area (Å²) >= 11 is 0. The molecule has 2 aromatic carbocycles. The highest BCUT2D eigenvalue weighted by Gasteiger charge is 2.11. The van der Waals surface area contributed by atoms with Crippen LogP contribution in [0.3, 0.4) is 0 Å². The summed E-state index contributed by atoms with van der Waals surface area (Å²) in [7, 11) is 0. The molecule has 0 aliphatic heterocycles. The SMILES string of the molecule is Cc1cc(-c2ccnc(Nc3ccc(C(N)=O)cc3)c2)n(-c2ccc(F)cc2)n1. The first kappa shape index (κ1) is 18.4. The van der Waals surface area contributed by atoms with Crippen LogP contribution in [0.5, 0.6) is 0 Å². The topological polar surface area (TPSA) is 85.8 Å². The summed E-state index contributed by atoms with van der Waals surface area (Å²) < 4.78 is 15.1. The smallest absolute Gasteiger partial charge is 0.248 e. The zero-order chi connectivity index (χ0) is 20.4. The van der Waals surface area contributed by atoms with Crippen molar-refractivity contribution in [3.05, 3.63) is 90.0 Å². The molecule has 7 heteroatoms. The van der Waals surface area contributed by atoms with Gasteiger partial charge < -0.3 is 11.1 Å². The quantitative estimate of drug-likeness (QED) is 0.537. The summed E-state index contributed by atoms with van der Waals surface area (Å²) in [5.74, 6) is -0.128. The van der Waals surface area contributed by atoms with Gasteiger partial charge in [-0.3, -0.25) is 4.79 Å². The van der Waals surface area contributed by atoms with Crippen molar-refractivity contribution in [3.8, 4) is 16.9 Å². The van der Waals surface area contributed by atoms with E-state index in [0.29, 0.717) is 11.4 Å². The zero-order valence-electron chi connectivity index (χ0n) is 15.6. The van der Waals surface area contributed by atoms with Crippen LogP contribution in [0, 0.1) is 12.7 Å². The van der Waals surface area contributed by atoms with E-state index in [1.165, 1.54) is 12.1 Å². The summed E-state index contributed by atoms with van der Waals surface area (Å²) in [6.45, 7) is 1.91. The van der Waals surface area contributed by atoms with Crippen LogP contribution in [0.25, 0.3) is 16.9 Å². The number of hydrogen-bond acceptors (Lipinski definition) is 4. The van der Waals surface area contributed by atoms with E-state index in [1.54, 1.807) is 47.3 Å². The largest absolute Gasteiger partial charge is 0.366 e. The number of primary amides is 1. The maximum atomic E-state index is 13.3. The van der Waals surface area contributed by atoms with Crippen LogP contribution in [0.1, 0.15) is 16.1 Å². The Morgan fingerprint density at radius 1 is 1.03 bits per heavy atom. The van der Waals surface area contributed by atoms with Crippen molar-refractivity contribution in [1.82, 2.24) is 14.8 Å². The van der Waals surface area contributed by atoms with Crippen molar-refractivity contribution < 1.29 is 9.18 Å². The lowest BCUT2D eigenvalue weighted by Crippen LogP contribution is -2.10. The van der Waals surface area contributed by atoms with E-state index in [4.69, 9.17) is 5.73 Å².